The van der Waals surface area contributed by atoms with Crippen LogP contribution in [0.3, 0.4) is 0 Å². The van der Waals surface area contributed by atoms with Crippen LogP contribution in [0, 0.1) is 6.92 Å². The second kappa shape index (κ2) is 5.70. The fourth-order valence-corrected chi connectivity index (χ4v) is 2.70. The second-order valence-corrected chi connectivity index (χ2v) is 6.39. The van der Waals surface area contributed by atoms with Gasteiger partial charge in [0.15, 0.2) is 5.03 Å². The largest absolute Gasteiger partial charge is 0.389 e. The van der Waals surface area contributed by atoms with Crippen LogP contribution >= 0.6 is 12.2 Å². The Labute approximate surface area is 122 Å². The molecule has 20 heavy (non-hydrogen) atoms. The molecular weight excluding hydrogens is 296 g/mol. The molecule has 1 heterocycles. The topological polar surface area (TPSA) is 101 Å². The number of aromatic nitrogens is 2. The zero-order valence-corrected chi connectivity index (χ0v) is 12.4. The molecule has 0 spiro atoms. The van der Waals surface area contributed by atoms with Crippen LogP contribution in [-0.4, -0.2) is 23.4 Å². The van der Waals surface area contributed by atoms with Crippen molar-refractivity contribution in [2.45, 2.75) is 18.5 Å². The number of rotatable bonds is 5. The Morgan fingerprint density at radius 3 is 2.55 bits per heavy atom. The molecule has 8 heteroatoms. The van der Waals surface area contributed by atoms with Gasteiger partial charge in [-0.1, -0.05) is 36.5 Å². The lowest BCUT2D eigenvalue weighted by Gasteiger charge is -2.05. The number of nitrogens with zero attached hydrogens (tertiary/aromatic N) is 1. The number of aromatic amines is 1. The van der Waals surface area contributed by atoms with Gasteiger partial charge in [0, 0.05) is 12.1 Å². The first-order chi connectivity index (χ1) is 9.38. The van der Waals surface area contributed by atoms with E-state index < -0.39 is 10.0 Å². The quantitative estimate of drug-likeness (QED) is 0.710. The van der Waals surface area contributed by atoms with E-state index in [2.05, 4.69) is 14.7 Å². The normalized spacial score (nSPS) is 11.4. The Morgan fingerprint density at radius 2 is 2.05 bits per heavy atom. The molecular formula is C12H14N4O2S2. The van der Waals surface area contributed by atoms with Crippen molar-refractivity contribution in [3.8, 4) is 0 Å². The van der Waals surface area contributed by atoms with Crippen molar-refractivity contribution in [3.05, 3.63) is 47.4 Å². The van der Waals surface area contributed by atoms with E-state index in [-0.39, 0.29) is 11.6 Å². The Balaban J connectivity index is 2.06. The lowest BCUT2D eigenvalue weighted by Crippen LogP contribution is -2.23. The highest BCUT2D eigenvalue weighted by molar-refractivity contribution is 7.89. The Bertz CT molecular complexity index is 720. The Kier molecular flexibility index (Phi) is 4.17. The molecule has 1 aromatic carbocycles. The zero-order chi connectivity index (χ0) is 14.8. The monoisotopic (exact) mass is 310 g/mol. The molecule has 0 saturated heterocycles. The minimum Gasteiger partial charge on any atom is -0.389 e. The number of nitrogens with two attached hydrogens (primary N) is 1. The van der Waals surface area contributed by atoms with Gasteiger partial charge in [-0.15, -0.1) is 0 Å². The van der Waals surface area contributed by atoms with Crippen molar-refractivity contribution in [2.24, 2.45) is 5.73 Å². The van der Waals surface area contributed by atoms with Gasteiger partial charge in [-0.3, -0.25) is 0 Å². The van der Waals surface area contributed by atoms with Crippen molar-refractivity contribution in [2.75, 3.05) is 0 Å². The average molecular weight is 310 g/mol. The molecule has 6 nitrogen and oxygen atoms in total. The van der Waals surface area contributed by atoms with E-state index in [4.69, 9.17) is 18.0 Å². The van der Waals surface area contributed by atoms with Crippen LogP contribution in [0.5, 0.6) is 0 Å². The van der Waals surface area contributed by atoms with E-state index in [1.807, 2.05) is 0 Å². The lowest BCUT2D eigenvalue weighted by molar-refractivity contribution is 0.578. The average Bonchev–Trinajstić information content (AvgIpc) is 2.84. The van der Waals surface area contributed by atoms with Crippen LogP contribution in [0.15, 0.2) is 35.5 Å². The molecule has 1 aromatic heterocycles. The minimum absolute atomic E-state index is 0.0507. The predicted octanol–water partition coefficient (Wildman–Crippen LogP) is 0.831. The van der Waals surface area contributed by atoms with Crippen LogP contribution in [0.2, 0.25) is 0 Å². The predicted molar refractivity (Wildman–Crippen MR) is 79.7 cm³/mol. The summed E-state index contributed by atoms with van der Waals surface area (Å²) in [4.78, 5) is 6.86. The fraction of sp³-hybridized carbons (Fsp3) is 0.167. The maximum atomic E-state index is 12.0. The second-order valence-electron chi connectivity index (χ2n) is 4.22. The SMILES string of the molecule is Cc1ncc(S(=O)(=O)NCc2ccc(C(N)=S)cc2)[nH]1. The summed E-state index contributed by atoms with van der Waals surface area (Å²) in [6, 6.07) is 7.06. The molecule has 106 valence electrons. The number of hydrogen-bond acceptors (Lipinski definition) is 4. The molecule has 0 unspecified atom stereocenters. The molecule has 2 aromatic rings. The van der Waals surface area contributed by atoms with Gasteiger partial charge in [-0.05, 0) is 12.5 Å². The highest BCUT2D eigenvalue weighted by Gasteiger charge is 2.15. The van der Waals surface area contributed by atoms with Crippen molar-refractivity contribution < 1.29 is 8.42 Å². The number of nitrogens with one attached hydrogen (secondary N) is 2. The lowest BCUT2D eigenvalue weighted by atomic mass is 10.1. The molecule has 0 radical (unpaired) electrons. The first-order valence-electron chi connectivity index (χ1n) is 5.78. The van der Waals surface area contributed by atoms with Gasteiger partial charge in [-0.25, -0.2) is 18.1 Å². The first-order valence-corrected chi connectivity index (χ1v) is 7.67. The number of aryl methyl sites for hydroxylation is 1. The molecule has 0 amide bonds. The summed E-state index contributed by atoms with van der Waals surface area (Å²) in [5.41, 5.74) is 7.05. The summed E-state index contributed by atoms with van der Waals surface area (Å²) in [6.07, 6.45) is 1.29. The van der Waals surface area contributed by atoms with Crippen molar-refractivity contribution in [3.63, 3.8) is 0 Å². The number of imidazole rings is 1. The molecule has 0 aliphatic rings. The fourth-order valence-electron chi connectivity index (χ4n) is 1.58. The summed E-state index contributed by atoms with van der Waals surface area (Å²) in [7, 11) is -3.58. The number of sulfonamides is 1. The summed E-state index contributed by atoms with van der Waals surface area (Å²) in [6.45, 7) is 1.87. The summed E-state index contributed by atoms with van der Waals surface area (Å²) in [5.74, 6) is 0.547. The van der Waals surface area contributed by atoms with Crippen molar-refractivity contribution >= 4 is 27.2 Å². The summed E-state index contributed by atoms with van der Waals surface area (Å²) < 4.78 is 26.4. The molecule has 0 atom stereocenters. The van der Waals surface area contributed by atoms with Gasteiger partial charge in [0.25, 0.3) is 10.0 Å². The van der Waals surface area contributed by atoms with Crippen LogP contribution < -0.4 is 10.5 Å². The first kappa shape index (κ1) is 14.6. The van der Waals surface area contributed by atoms with E-state index >= 15 is 0 Å². The van der Waals surface area contributed by atoms with Gasteiger partial charge in [-0.2, -0.15) is 0 Å². The molecule has 0 bridgehead atoms. The third-order valence-corrected chi connectivity index (χ3v) is 4.22. The van der Waals surface area contributed by atoms with Crippen LogP contribution in [0.1, 0.15) is 17.0 Å². The third kappa shape index (κ3) is 3.41. The Morgan fingerprint density at radius 1 is 1.40 bits per heavy atom. The van der Waals surface area contributed by atoms with E-state index in [9.17, 15) is 8.42 Å². The molecule has 4 N–H and O–H groups in total. The molecule has 2 rings (SSSR count). The van der Waals surface area contributed by atoms with Crippen LogP contribution in [0.4, 0.5) is 0 Å². The van der Waals surface area contributed by atoms with Gasteiger partial charge < -0.3 is 10.7 Å². The minimum atomic E-state index is -3.58. The maximum Gasteiger partial charge on any atom is 0.257 e. The van der Waals surface area contributed by atoms with Crippen LogP contribution in [0.25, 0.3) is 0 Å². The van der Waals surface area contributed by atoms with Crippen LogP contribution in [-0.2, 0) is 16.6 Å². The van der Waals surface area contributed by atoms with Crippen molar-refractivity contribution in [1.82, 2.24) is 14.7 Å². The van der Waals surface area contributed by atoms with E-state index in [1.54, 1.807) is 31.2 Å². The molecule has 0 fully saturated rings. The number of H-pyrrole nitrogens is 1. The smallest absolute Gasteiger partial charge is 0.257 e. The van der Waals surface area contributed by atoms with E-state index in [0.29, 0.717) is 10.8 Å². The molecule has 0 saturated carbocycles. The number of benzene rings is 1. The van der Waals surface area contributed by atoms with Gasteiger partial charge in [0.05, 0.1) is 6.20 Å². The highest BCUT2D eigenvalue weighted by Crippen LogP contribution is 2.08. The van der Waals surface area contributed by atoms with E-state index in [1.165, 1.54) is 6.20 Å². The third-order valence-electron chi connectivity index (χ3n) is 2.67. The standard InChI is InChI=1S/C12H14N4O2S2/c1-8-14-7-11(16-8)20(17,18)15-6-9-2-4-10(5-3-9)12(13)19/h2-5,7,15H,6H2,1H3,(H2,13,19)(H,14,16). The maximum absolute atomic E-state index is 12.0. The molecule has 0 aliphatic heterocycles. The van der Waals surface area contributed by atoms with Gasteiger partial charge >= 0.3 is 0 Å². The Hall–Kier alpha value is -1.77. The zero-order valence-electron chi connectivity index (χ0n) is 10.8. The molecule has 0 aliphatic carbocycles. The van der Waals surface area contributed by atoms with Crippen molar-refractivity contribution in [1.29, 1.82) is 0 Å². The summed E-state index contributed by atoms with van der Waals surface area (Å²) >= 11 is 4.85. The van der Waals surface area contributed by atoms with Gasteiger partial charge in [0.2, 0.25) is 0 Å². The highest BCUT2D eigenvalue weighted by atomic mass is 32.2. The number of thiocarbonyl (C=S) groups is 1. The van der Waals surface area contributed by atoms with E-state index in [0.717, 1.165) is 11.1 Å². The number of hydrogen-bond donors (Lipinski definition) is 3. The summed E-state index contributed by atoms with van der Waals surface area (Å²) in [5, 5.41) is 0.0507. The van der Waals surface area contributed by atoms with Gasteiger partial charge in [0.1, 0.15) is 10.8 Å².